The number of amides is 3. The minimum absolute atomic E-state index is 0.0413. The first-order chi connectivity index (χ1) is 20.2. The number of nitrogens with one attached hydrogen (secondary N) is 5. The average Bonchev–Trinajstić information content (AvgIpc) is 3.58. The lowest BCUT2D eigenvalue weighted by atomic mass is 10.0. The van der Waals surface area contributed by atoms with Crippen molar-refractivity contribution in [3.63, 3.8) is 0 Å². The zero-order valence-electron chi connectivity index (χ0n) is 23.5. The molecule has 222 valence electrons. The molecule has 0 saturated heterocycles. The van der Waals surface area contributed by atoms with Gasteiger partial charge in [0.2, 0.25) is 17.7 Å². The first-order valence-electron chi connectivity index (χ1n) is 13.7. The third-order valence-electron chi connectivity index (χ3n) is 7.10. The highest BCUT2D eigenvalue weighted by atomic mass is 32.2. The van der Waals surface area contributed by atoms with E-state index in [1.165, 1.54) is 18.7 Å². The van der Waals surface area contributed by atoms with Crippen LogP contribution >= 0.6 is 11.8 Å². The van der Waals surface area contributed by atoms with Crippen LogP contribution in [0.1, 0.15) is 24.5 Å². The summed E-state index contributed by atoms with van der Waals surface area (Å²) >= 11 is 1.51. The van der Waals surface area contributed by atoms with Crippen molar-refractivity contribution in [3.05, 3.63) is 72.1 Å². The minimum Gasteiger partial charge on any atom is -0.480 e. The quantitative estimate of drug-likeness (QED) is 0.117. The summed E-state index contributed by atoms with van der Waals surface area (Å²) in [6.45, 7) is 1.52. The smallest absolute Gasteiger partial charge is 0.326 e. The number of nitrogens with two attached hydrogens (primary N) is 1. The molecule has 0 aliphatic carbocycles. The van der Waals surface area contributed by atoms with E-state index < -0.39 is 47.9 Å². The van der Waals surface area contributed by atoms with Gasteiger partial charge in [0.25, 0.3) is 0 Å². The van der Waals surface area contributed by atoms with Crippen molar-refractivity contribution in [2.24, 2.45) is 5.73 Å². The van der Waals surface area contributed by atoms with Gasteiger partial charge >= 0.3 is 5.97 Å². The second-order valence-corrected chi connectivity index (χ2v) is 11.2. The highest BCUT2D eigenvalue weighted by molar-refractivity contribution is 7.98. The fourth-order valence-corrected chi connectivity index (χ4v) is 5.27. The zero-order valence-corrected chi connectivity index (χ0v) is 24.3. The molecule has 4 aromatic rings. The van der Waals surface area contributed by atoms with Crippen LogP contribution in [0.3, 0.4) is 0 Å². The van der Waals surface area contributed by atoms with Gasteiger partial charge in [-0.2, -0.15) is 11.8 Å². The number of carboxylic acids is 1. The lowest BCUT2D eigenvalue weighted by molar-refractivity contribution is -0.142. The number of para-hydroxylation sites is 2. The van der Waals surface area contributed by atoms with Crippen LogP contribution in [-0.2, 0) is 32.0 Å². The Bertz CT molecular complexity index is 1560. The molecule has 2 aromatic carbocycles. The summed E-state index contributed by atoms with van der Waals surface area (Å²) in [6, 6.07) is 11.0. The van der Waals surface area contributed by atoms with Gasteiger partial charge < -0.3 is 36.8 Å². The summed E-state index contributed by atoms with van der Waals surface area (Å²) in [5.41, 5.74) is 8.94. The number of thioether (sulfide) groups is 1. The van der Waals surface area contributed by atoms with Crippen LogP contribution in [-0.4, -0.2) is 74.9 Å². The number of hydrogen-bond donors (Lipinski definition) is 7. The molecule has 2 aromatic heterocycles. The van der Waals surface area contributed by atoms with Gasteiger partial charge in [-0.15, -0.1) is 0 Å². The summed E-state index contributed by atoms with van der Waals surface area (Å²) in [4.78, 5) is 58.0. The molecule has 0 spiro atoms. The fraction of sp³-hybridized carbons (Fsp3) is 0.333. The van der Waals surface area contributed by atoms with Crippen molar-refractivity contribution in [2.45, 2.75) is 50.4 Å². The largest absolute Gasteiger partial charge is 0.480 e. The standard InChI is InChI=1S/C30H36N6O5S/c1-17(31)27(37)34-24(11-12-42-2)28(38)35-25(13-18-15-32-22-9-5-3-7-20(18)22)29(39)36-26(30(40)41)14-19-16-33-23-10-6-4-8-21(19)23/h3-10,15-17,24-26,32-33H,11-14,31H2,1-2H3,(H,34,37)(H,35,38)(H,36,39)(H,40,41). The summed E-state index contributed by atoms with van der Waals surface area (Å²) in [6.07, 6.45) is 5.84. The number of aliphatic carboxylic acids is 1. The highest BCUT2D eigenvalue weighted by Gasteiger charge is 2.31. The van der Waals surface area contributed by atoms with Gasteiger partial charge in [0.05, 0.1) is 6.04 Å². The average molecular weight is 593 g/mol. The zero-order chi connectivity index (χ0) is 30.2. The molecule has 42 heavy (non-hydrogen) atoms. The van der Waals surface area contributed by atoms with Crippen molar-refractivity contribution in [2.75, 3.05) is 12.0 Å². The number of carbonyl (C=O) groups is 4. The van der Waals surface area contributed by atoms with Crippen LogP contribution in [0.5, 0.6) is 0 Å². The predicted octanol–water partition coefficient (Wildman–Crippen LogP) is 2.07. The van der Waals surface area contributed by atoms with Gasteiger partial charge in [-0.3, -0.25) is 14.4 Å². The topological polar surface area (TPSA) is 182 Å². The van der Waals surface area contributed by atoms with Crippen molar-refractivity contribution >= 4 is 57.3 Å². The van der Waals surface area contributed by atoms with Crippen molar-refractivity contribution in [1.29, 1.82) is 0 Å². The second-order valence-electron chi connectivity index (χ2n) is 10.2. The fourth-order valence-electron chi connectivity index (χ4n) is 4.80. The van der Waals surface area contributed by atoms with E-state index in [2.05, 4.69) is 25.9 Å². The van der Waals surface area contributed by atoms with Crippen LogP contribution in [0.15, 0.2) is 60.9 Å². The number of aromatic amines is 2. The first kappa shape index (κ1) is 30.7. The maximum Gasteiger partial charge on any atom is 0.326 e. The molecular formula is C30H36N6O5S. The van der Waals surface area contributed by atoms with Crippen LogP contribution < -0.4 is 21.7 Å². The Morgan fingerprint density at radius 3 is 1.79 bits per heavy atom. The number of H-pyrrole nitrogens is 2. The monoisotopic (exact) mass is 592 g/mol. The highest BCUT2D eigenvalue weighted by Crippen LogP contribution is 2.21. The van der Waals surface area contributed by atoms with Gasteiger partial charge in [-0.05, 0) is 48.6 Å². The molecule has 0 aliphatic rings. The summed E-state index contributed by atoms with van der Waals surface area (Å²) < 4.78 is 0. The van der Waals surface area contributed by atoms with E-state index in [4.69, 9.17) is 5.73 Å². The summed E-state index contributed by atoms with van der Waals surface area (Å²) in [5, 5.41) is 19.8. The Morgan fingerprint density at radius 1 is 0.786 bits per heavy atom. The summed E-state index contributed by atoms with van der Waals surface area (Å²) in [7, 11) is 0. The van der Waals surface area contributed by atoms with Crippen LogP contribution in [0.2, 0.25) is 0 Å². The number of carboxylic acid groups (broad SMARTS) is 1. The molecule has 12 heteroatoms. The Hall–Kier alpha value is -4.29. The molecule has 11 nitrogen and oxygen atoms in total. The predicted molar refractivity (Wildman–Crippen MR) is 164 cm³/mol. The molecule has 8 N–H and O–H groups in total. The Morgan fingerprint density at radius 2 is 1.26 bits per heavy atom. The number of benzene rings is 2. The molecule has 0 saturated carbocycles. The SMILES string of the molecule is CSCCC(NC(=O)C(C)N)C(=O)NC(Cc1c[nH]c2ccccc12)C(=O)NC(Cc1c[nH]c2ccccc12)C(=O)O. The van der Waals surface area contributed by atoms with Crippen molar-refractivity contribution in [1.82, 2.24) is 25.9 Å². The molecular weight excluding hydrogens is 556 g/mol. The Labute approximate surface area is 247 Å². The van der Waals surface area contributed by atoms with E-state index in [1.54, 1.807) is 12.4 Å². The van der Waals surface area contributed by atoms with E-state index in [1.807, 2.05) is 54.8 Å². The lowest BCUT2D eigenvalue weighted by Gasteiger charge is -2.25. The van der Waals surface area contributed by atoms with Gasteiger partial charge in [-0.1, -0.05) is 36.4 Å². The molecule has 0 radical (unpaired) electrons. The maximum absolute atomic E-state index is 13.7. The Kier molecular flexibility index (Phi) is 10.3. The van der Waals surface area contributed by atoms with E-state index in [0.29, 0.717) is 12.2 Å². The molecule has 4 atom stereocenters. The number of aromatic nitrogens is 2. The molecule has 4 rings (SSSR count). The third kappa shape index (κ3) is 7.51. The minimum atomic E-state index is -1.25. The first-order valence-corrected chi connectivity index (χ1v) is 15.1. The van der Waals surface area contributed by atoms with E-state index in [0.717, 1.165) is 32.9 Å². The normalized spacial score (nSPS) is 14.2. The van der Waals surface area contributed by atoms with Crippen molar-refractivity contribution in [3.8, 4) is 0 Å². The van der Waals surface area contributed by atoms with E-state index >= 15 is 0 Å². The van der Waals surface area contributed by atoms with Crippen LogP contribution in [0, 0.1) is 0 Å². The molecule has 4 unspecified atom stereocenters. The lowest BCUT2D eigenvalue weighted by Crippen LogP contribution is -2.57. The number of hydrogen-bond acceptors (Lipinski definition) is 6. The van der Waals surface area contributed by atoms with E-state index in [9.17, 15) is 24.3 Å². The van der Waals surface area contributed by atoms with Gasteiger partial charge in [-0.25, -0.2) is 4.79 Å². The number of fused-ring (bicyclic) bond motifs is 2. The molecule has 0 bridgehead atoms. The number of carbonyl (C=O) groups excluding carboxylic acids is 3. The van der Waals surface area contributed by atoms with Crippen LogP contribution in [0.25, 0.3) is 21.8 Å². The molecule has 2 heterocycles. The molecule has 3 amide bonds. The summed E-state index contributed by atoms with van der Waals surface area (Å²) in [5.74, 6) is -2.31. The van der Waals surface area contributed by atoms with Gasteiger partial charge in [0.1, 0.15) is 18.1 Å². The van der Waals surface area contributed by atoms with Crippen LogP contribution in [0.4, 0.5) is 0 Å². The van der Waals surface area contributed by atoms with Crippen molar-refractivity contribution < 1.29 is 24.3 Å². The Balaban J connectivity index is 1.58. The molecule has 0 aliphatic heterocycles. The molecule has 0 fully saturated rings. The van der Waals surface area contributed by atoms with Gasteiger partial charge in [0, 0.05) is 47.0 Å². The van der Waals surface area contributed by atoms with Gasteiger partial charge in [0.15, 0.2) is 0 Å². The second kappa shape index (κ2) is 14.1. The maximum atomic E-state index is 13.7. The third-order valence-corrected chi connectivity index (χ3v) is 7.75. The number of rotatable bonds is 14. The van der Waals surface area contributed by atoms with E-state index in [-0.39, 0.29) is 12.8 Å².